The van der Waals surface area contributed by atoms with Crippen LogP contribution < -0.4 is 15.5 Å². The Morgan fingerprint density at radius 2 is 1.85 bits per heavy atom. The zero-order valence-electron chi connectivity index (χ0n) is 13.9. The smallest absolute Gasteiger partial charge is 0.333 e. The maximum Gasteiger partial charge on any atom is 0.416 e. The van der Waals surface area contributed by atoms with Crippen LogP contribution in [0.5, 0.6) is 0 Å². The second kappa shape index (κ2) is 7.48. The van der Waals surface area contributed by atoms with Gasteiger partial charge in [-0.1, -0.05) is 17.7 Å². The first kappa shape index (κ1) is 19.0. The summed E-state index contributed by atoms with van der Waals surface area (Å²) in [5, 5.41) is 5.51. The maximum absolute atomic E-state index is 12.7. The number of nitrogens with zero attached hydrogens (tertiary/aromatic N) is 1. The Hall–Kier alpha value is -2.74. The molecule has 9 heteroatoms. The van der Waals surface area contributed by atoms with Crippen molar-refractivity contribution in [1.82, 2.24) is 5.32 Å². The fraction of sp³-hybridized carbons (Fsp3) is 0.222. The molecule has 0 aromatic heterocycles. The van der Waals surface area contributed by atoms with Crippen molar-refractivity contribution in [1.29, 1.82) is 0 Å². The van der Waals surface area contributed by atoms with E-state index in [1.807, 2.05) is 0 Å². The Labute approximate surface area is 158 Å². The van der Waals surface area contributed by atoms with E-state index in [-0.39, 0.29) is 24.6 Å². The molecule has 0 spiro atoms. The van der Waals surface area contributed by atoms with E-state index in [1.54, 1.807) is 24.3 Å². The van der Waals surface area contributed by atoms with Crippen LogP contribution in [0.25, 0.3) is 0 Å². The Morgan fingerprint density at radius 1 is 1.15 bits per heavy atom. The number of rotatable bonds is 3. The van der Waals surface area contributed by atoms with E-state index in [0.717, 1.165) is 12.1 Å². The zero-order valence-corrected chi connectivity index (χ0v) is 14.6. The SMILES string of the molecule is O=C(Nc1cccc(C(F)(F)F)c1)N[C@H]1CC(=O)N(c2ccc(Cl)cc2)C1. The number of carbonyl (C=O) groups excluding carboxylic acids is 2. The number of alkyl halides is 3. The van der Waals surface area contributed by atoms with Crippen LogP contribution >= 0.6 is 11.6 Å². The number of halogens is 4. The fourth-order valence-electron chi connectivity index (χ4n) is 2.80. The van der Waals surface area contributed by atoms with Gasteiger partial charge in [-0.2, -0.15) is 13.2 Å². The van der Waals surface area contributed by atoms with Crippen LogP contribution in [-0.2, 0) is 11.0 Å². The Bertz CT molecular complexity index is 856. The van der Waals surface area contributed by atoms with Crippen LogP contribution in [0.2, 0.25) is 5.02 Å². The lowest BCUT2D eigenvalue weighted by atomic mass is 10.2. The number of amides is 3. The first-order valence-electron chi connectivity index (χ1n) is 8.03. The van der Waals surface area contributed by atoms with Crippen LogP contribution in [0.3, 0.4) is 0 Å². The van der Waals surface area contributed by atoms with Crippen LogP contribution in [0.15, 0.2) is 48.5 Å². The van der Waals surface area contributed by atoms with Crippen molar-refractivity contribution >= 4 is 34.9 Å². The third-order valence-electron chi connectivity index (χ3n) is 4.05. The summed E-state index contributed by atoms with van der Waals surface area (Å²) in [6.45, 7) is 0.260. The lowest BCUT2D eigenvalue weighted by Crippen LogP contribution is -2.39. The second-order valence-electron chi connectivity index (χ2n) is 6.06. The molecular weight excluding hydrogens is 383 g/mol. The van der Waals surface area contributed by atoms with Gasteiger partial charge in [-0.15, -0.1) is 0 Å². The molecule has 0 saturated carbocycles. The van der Waals surface area contributed by atoms with Crippen LogP contribution in [0, 0.1) is 0 Å². The number of urea groups is 1. The van der Waals surface area contributed by atoms with Gasteiger partial charge >= 0.3 is 12.2 Å². The molecule has 2 aromatic carbocycles. The summed E-state index contributed by atoms with van der Waals surface area (Å²) < 4.78 is 38.2. The standard InChI is InChI=1S/C18H15ClF3N3O2/c19-12-4-6-15(7-5-12)25-10-14(9-16(25)26)24-17(27)23-13-3-1-2-11(8-13)18(20,21)22/h1-8,14H,9-10H2,(H2,23,24,27)/t14-/m0/s1. The van der Waals surface area contributed by atoms with Gasteiger partial charge in [0.2, 0.25) is 5.91 Å². The number of benzene rings is 2. The first-order valence-corrected chi connectivity index (χ1v) is 8.41. The molecule has 1 saturated heterocycles. The molecule has 0 radical (unpaired) electrons. The van der Waals surface area contributed by atoms with Gasteiger partial charge < -0.3 is 15.5 Å². The van der Waals surface area contributed by atoms with Gasteiger partial charge in [0.1, 0.15) is 0 Å². The summed E-state index contributed by atoms with van der Waals surface area (Å²) in [7, 11) is 0. The minimum Gasteiger partial charge on any atom is -0.333 e. The van der Waals surface area contributed by atoms with Crippen molar-refractivity contribution in [2.75, 3.05) is 16.8 Å². The molecule has 1 aliphatic heterocycles. The highest BCUT2D eigenvalue weighted by molar-refractivity contribution is 6.30. The minimum atomic E-state index is -4.49. The molecule has 2 aromatic rings. The Morgan fingerprint density at radius 3 is 2.52 bits per heavy atom. The maximum atomic E-state index is 12.7. The highest BCUT2D eigenvalue weighted by Crippen LogP contribution is 2.30. The lowest BCUT2D eigenvalue weighted by molar-refractivity contribution is -0.137. The minimum absolute atomic E-state index is 0.0150. The van der Waals surface area contributed by atoms with Crippen molar-refractivity contribution in [2.24, 2.45) is 0 Å². The van der Waals surface area contributed by atoms with Crippen LogP contribution in [0.1, 0.15) is 12.0 Å². The molecular formula is C18H15ClF3N3O2. The van der Waals surface area contributed by atoms with E-state index in [9.17, 15) is 22.8 Å². The van der Waals surface area contributed by atoms with Gasteiger partial charge in [-0.25, -0.2) is 4.79 Å². The number of nitrogens with one attached hydrogen (secondary N) is 2. The monoisotopic (exact) mass is 397 g/mol. The van der Waals surface area contributed by atoms with E-state index < -0.39 is 23.8 Å². The summed E-state index contributed by atoms with van der Waals surface area (Å²) >= 11 is 5.83. The number of carbonyl (C=O) groups is 2. The topological polar surface area (TPSA) is 61.4 Å². The summed E-state index contributed by atoms with van der Waals surface area (Å²) in [5.74, 6) is -0.165. The number of anilines is 2. The summed E-state index contributed by atoms with van der Waals surface area (Å²) in [6.07, 6.45) is -4.40. The molecule has 1 heterocycles. The Balaban J connectivity index is 1.60. The molecule has 3 rings (SSSR count). The molecule has 142 valence electrons. The van der Waals surface area contributed by atoms with Crippen molar-refractivity contribution in [3.63, 3.8) is 0 Å². The van der Waals surface area contributed by atoms with E-state index in [4.69, 9.17) is 11.6 Å². The summed E-state index contributed by atoms with van der Waals surface area (Å²) in [5.41, 5.74) is -0.182. The molecule has 2 N–H and O–H groups in total. The van der Waals surface area contributed by atoms with Crippen molar-refractivity contribution < 1.29 is 22.8 Å². The van der Waals surface area contributed by atoms with Gasteiger partial charge in [0.15, 0.2) is 0 Å². The molecule has 1 atom stereocenters. The van der Waals surface area contributed by atoms with E-state index >= 15 is 0 Å². The average Bonchev–Trinajstić information content (AvgIpc) is 2.95. The molecule has 1 aliphatic rings. The van der Waals surface area contributed by atoms with Crippen molar-refractivity contribution in [3.8, 4) is 0 Å². The van der Waals surface area contributed by atoms with Gasteiger partial charge in [-0.3, -0.25) is 4.79 Å². The summed E-state index contributed by atoms with van der Waals surface area (Å²) in [6, 6.07) is 9.91. The summed E-state index contributed by atoms with van der Waals surface area (Å²) in [4.78, 5) is 25.8. The van der Waals surface area contributed by atoms with E-state index in [0.29, 0.717) is 10.7 Å². The quantitative estimate of drug-likeness (QED) is 0.811. The number of hydrogen-bond donors (Lipinski definition) is 2. The predicted octanol–water partition coefficient (Wildman–Crippen LogP) is 4.29. The van der Waals surface area contributed by atoms with Gasteiger partial charge in [0, 0.05) is 29.4 Å². The largest absolute Gasteiger partial charge is 0.416 e. The van der Waals surface area contributed by atoms with Crippen molar-refractivity contribution in [2.45, 2.75) is 18.6 Å². The molecule has 27 heavy (non-hydrogen) atoms. The van der Waals surface area contributed by atoms with E-state index in [1.165, 1.54) is 17.0 Å². The number of hydrogen-bond acceptors (Lipinski definition) is 2. The third-order valence-corrected chi connectivity index (χ3v) is 4.30. The normalized spacial score (nSPS) is 17.1. The first-order chi connectivity index (χ1) is 12.7. The molecule has 0 bridgehead atoms. The molecule has 1 fully saturated rings. The van der Waals surface area contributed by atoms with Gasteiger partial charge in [0.05, 0.1) is 11.6 Å². The van der Waals surface area contributed by atoms with E-state index in [2.05, 4.69) is 10.6 Å². The molecule has 0 aliphatic carbocycles. The fourth-order valence-corrected chi connectivity index (χ4v) is 2.93. The predicted molar refractivity (Wildman–Crippen MR) is 95.8 cm³/mol. The Kier molecular flexibility index (Phi) is 5.27. The van der Waals surface area contributed by atoms with Crippen molar-refractivity contribution in [3.05, 3.63) is 59.1 Å². The highest BCUT2D eigenvalue weighted by atomic mass is 35.5. The highest BCUT2D eigenvalue weighted by Gasteiger charge is 2.32. The van der Waals surface area contributed by atoms with Gasteiger partial charge in [0.25, 0.3) is 0 Å². The van der Waals surface area contributed by atoms with Gasteiger partial charge in [-0.05, 0) is 42.5 Å². The molecule has 3 amide bonds. The molecule has 5 nitrogen and oxygen atoms in total. The zero-order chi connectivity index (χ0) is 19.6. The lowest BCUT2D eigenvalue weighted by Gasteiger charge is -2.17. The average molecular weight is 398 g/mol. The second-order valence-corrected chi connectivity index (χ2v) is 6.50. The van der Waals surface area contributed by atoms with Crippen LogP contribution in [0.4, 0.5) is 29.3 Å². The van der Waals surface area contributed by atoms with Crippen LogP contribution in [-0.4, -0.2) is 24.5 Å². The third kappa shape index (κ3) is 4.71. The molecule has 0 unspecified atom stereocenters.